The molecule has 4 aromatic rings. The van der Waals surface area contributed by atoms with Crippen LogP contribution in [0.3, 0.4) is 0 Å². The average Bonchev–Trinajstić information content (AvgIpc) is 3.55. The molecule has 6 rings (SSSR count). The molecule has 40 heavy (non-hydrogen) atoms. The molecule has 1 aliphatic heterocycles. The molecule has 2 aromatic heterocycles. The van der Waals surface area contributed by atoms with Crippen molar-refractivity contribution in [3.8, 4) is 11.3 Å². The molecule has 0 bridgehead atoms. The highest BCUT2D eigenvalue weighted by atomic mass is 35.5. The first-order chi connectivity index (χ1) is 19.2. The molecule has 3 heterocycles. The second-order valence-electron chi connectivity index (χ2n) is 11.1. The van der Waals surface area contributed by atoms with Gasteiger partial charge in [-0.15, -0.1) is 0 Å². The lowest BCUT2D eigenvalue weighted by molar-refractivity contribution is 0.0601. The Morgan fingerprint density at radius 3 is 2.60 bits per heavy atom. The van der Waals surface area contributed by atoms with Crippen LogP contribution in [0, 0.1) is 0 Å². The normalized spacial score (nSPS) is 18.2. The lowest BCUT2D eigenvalue weighted by atomic mass is 9.99. The molecule has 1 saturated heterocycles. The van der Waals surface area contributed by atoms with Gasteiger partial charge < -0.3 is 14.2 Å². The Bertz CT molecular complexity index is 1560. The van der Waals surface area contributed by atoms with Crippen LogP contribution in [-0.4, -0.2) is 53.8 Å². The van der Waals surface area contributed by atoms with Crippen LogP contribution in [0.5, 0.6) is 0 Å². The molecule has 210 valence electrons. The van der Waals surface area contributed by atoms with Crippen molar-refractivity contribution in [2.45, 2.75) is 58.0 Å². The molecule has 2 fully saturated rings. The monoisotopic (exact) mass is 598 g/mol. The predicted molar refractivity (Wildman–Crippen MR) is 161 cm³/mol. The van der Waals surface area contributed by atoms with E-state index in [0.29, 0.717) is 21.5 Å². The van der Waals surface area contributed by atoms with Crippen LogP contribution in [0.25, 0.3) is 21.5 Å². The summed E-state index contributed by atoms with van der Waals surface area (Å²) in [7, 11) is 1.42. The SMILES string of the molecule is COC(=O)c1cc(C(C)C)c2nc(N3CCN(Cc4c(-c5c(Cl)cccc5Cl)noc4C4CC4)CC3C)sc2c1. The molecule has 1 saturated carbocycles. The van der Waals surface area contributed by atoms with E-state index in [1.165, 1.54) is 7.11 Å². The number of fused-ring (bicyclic) bond motifs is 1. The van der Waals surface area contributed by atoms with Gasteiger partial charge in [0.1, 0.15) is 11.5 Å². The minimum absolute atomic E-state index is 0.237. The molecule has 10 heteroatoms. The van der Waals surface area contributed by atoms with Gasteiger partial charge in [-0.1, -0.05) is 59.6 Å². The van der Waals surface area contributed by atoms with E-state index < -0.39 is 0 Å². The van der Waals surface area contributed by atoms with Crippen molar-refractivity contribution < 1.29 is 14.1 Å². The van der Waals surface area contributed by atoms with Crippen molar-refractivity contribution >= 4 is 55.9 Å². The number of hydrogen-bond donors (Lipinski definition) is 0. The number of benzene rings is 2. The summed E-state index contributed by atoms with van der Waals surface area (Å²) in [6.45, 7) is 9.80. The van der Waals surface area contributed by atoms with E-state index >= 15 is 0 Å². The largest absolute Gasteiger partial charge is 0.465 e. The average molecular weight is 600 g/mol. The summed E-state index contributed by atoms with van der Waals surface area (Å²) in [5.41, 5.74) is 5.19. The first-order valence-corrected chi connectivity index (χ1v) is 15.3. The summed E-state index contributed by atoms with van der Waals surface area (Å²) < 4.78 is 11.9. The van der Waals surface area contributed by atoms with E-state index in [0.717, 1.165) is 82.5 Å². The zero-order valence-electron chi connectivity index (χ0n) is 23.0. The number of esters is 1. The van der Waals surface area contributed by atoms with Crippen LogP contribution >= 0.6 is 34.5 Å². The Morgan fingerprint density at radius 2 is 1.95 bits per heavy atom. The van der Waals surface area contributed by atoms with Crippen LogP contribution in [0.15, 0.2) is 34.9 Å². The van der Waals surface area contributed by atoms with Gasteiger partial charge in [-0.05, 0) is 55.5 Å². The number of halogens is 2. The number of rotatable bonds is 7. The maximum Gasteiger partial charge on any atom is 0.337 e. The van der Waals surface area contributed by atoms with Crippen LogP contribution in [0.1, 0.15) is 72.7 Å². The molecular weight excluding hydrogens is 567 g/mol. The second kappa shape index (κ2) is 11.0. The third kappa shape index (κ3) is 5.11. The highest BCUT2D eigenvalue weighted by molar-refractivity contribution is 7.22. The first-order valence-electron chi connectivity index (χ1n) is 13.7. The zero-order chi connectivity index (χ0) is 28.1. The number of nitrogens with zero attached hydrogens (tertiary/aromatic N) is 4. The molecule has 2 aliphatic rings. The maximum atomic E-state index is 12.3. The van der Waals surface area contributed by atoms with Gasteiger partial charge in [0, 0.05) is 49.3 Å². The van der Waals surface area contributed by atoms with Gasteiger partial charge in [0.05, 0.1) is 32.9 Å². The fraction of sp³-hybridized carbons (Fsp3) is 0.433. The Hall–Kier alpha value is -2.65. The number of carbonyl (C=O) groups excluding carboxylic acids is 1. The summed E-state index contributed by atoms with van der Waals surface area (Å²) in [6.07, 6.45) is 2.24. The molecular formula is C30H32Cl2N4O3S. The van der Waals surface area contributed by atoms with Gasteiger partial charge in [0.15, 0.2) is 5.13 Å². The predicted octanol–water partition coefficient (Wildman–Crippen LogP) is 7.76. The number of aromatic nitrogens is 2. The van der Waals surface area contributed by atoms with Crippen LogP contribution in [0.2, 0.25) is 10.0 Å². The minimum atomic E-state index is -0.322. The summed E-state index contributed by atoms with van der Waals surface area (Å²) in [4.78, 5) is 22.2. The molecule has 0 spiro atoms. The standard InChI is InChI=1S/C30H32Cl2N4O3S/c1-16(2)20-12-19(29(37)38-4)13-24-26(20)33-30(40-24)36-11-10-35(14-17(36)3)15-21-27(34-39-28(21)18-8-9-18)25-22(31)6-5-7-23(25)32/h5-7,12-13,16-18H,8-11,14-15H2,1-4H3. The summed E-state index contributed by atoms with van der Waals surface area (Å²) >= 11 is 14.8. The third-order valence-electron chi connectivity index (χ3n) is 7.86. The van der Waals surface area contributed by atoms with Gasteiger partial charge in [-0.2, -0.15) is 0 Å². The molecule has 0 amide bonds. The lowest BCUT2D eigenvalue weighted by Crippen LogP contribution is -2.51. The van der Waals surface area contributed by atoms with Crippen LogP contribution in [0.4, 0.5) is 5.13 Å². The highest BCUT2D eigenvalue weighted by Crippen LogP contribution is 2.46. The van der Waals surface area contributed by atoms with Crippen molar-refractivity contribution in [3.05, 3.63) is 62.8 Å². The molecule has 7 nitrogen and oxygen atoms in total. The van der Waals surface area contributed by atoms with E-state index in [2.05, 4.69) is 35.7 Å². The van der Waals surface area contributed by atoms with Crippen molar-refractivity contribution in [1.29, 1.82) is 0 Å². The smallest absolute Gasteiger partial charge is 0.337 e. The molecule has 1 atom stereocenters. The Labute approximate surface area is 248 Å². The van der Waals surface area contributed by atoms with Gasteiger partial charge in [0.2, 0.25) is 0 Å². The molecule has 0 N–H and O–H groups in total. The summed E-state index contributed by atoms with van der Waals surface area (Å²) in [6, 6.07) is 9.60. The van der Waals surface area contributed by atoms with Gasteiger partial charge in [-0.3, -0.25) is 4.90 Å². The van der Waals surface area contributed by atoms with Gasteiger partial charge in [-0.25, -0.2) is 9.78 Å². The Kier molecular flexibility index (Phi) is 7.55. The summed E-state index contributed by atoms with van der Waals surface area (Å²) in [5, 5.41) is 6.61. The highest BCUT2D eigenvalue weighted by Gasteiger charge is 2.35. The fourth-order valence-corrected chi connectivity index (χ4v) is 7.33. The second-order valence-corrected chi connectivity index (χ2v) is 12.9. The van der Waals surface area contributed by atoms with Crippen molar-refractivity contribution in [2.75, 3.05) is 31.6 Å². The number of ether oxygens (including phenoxy) is 1. The minimum Gasteiger partial charge on any atom is -0.465 e. The van der Waals surface area contributed by atoms with Gasteiger partial charge in [0.25, 0.3) is 0 Å². The van der Waals surface area contributed by atoms with E-state index in [-0.39, 0.29) is 17.9 Å². The van der Waals surface area contributed by atoms with E-state index in [9.17, 15) is 4.79 Å². The van der Waals surface area contributed by atoms with E-state index in [4.69, 9.17) is 37.4 Å². The van der Waals surface area contributed by atoms with Crippen molar-refractivity contribution in [2.24, 2.45) is 0 Å². The van der Waals surface area contributed by atoms with Crippen molar-refractivity contribution in [1.82, 2.24) is 15.0 Å². The van der Waals surface area contributed by atoms with Crippen LogP contribution < -0.4 is 4.90 Å². The van der Waals surface area contributed by atoms with Gasteiger partial charge >= 0.3 is 5.97 Å². The van der Waals surface area contributed by atoms with Crippen molar-refractivity contribution in [3.63, 3.8) is 0 Å². The summed E-state index contributed by atoms with van der Waals surface area (Å²) in [5.74, 6) is 1.30. The topological polar surface area (TPSA) is 71.7 Å². The molecule has 1 aliphatic carbocycles. The zero-order valence-corrected chi connectivity index (χ0v) is 25.4. The van der Waals surface area contributed by atoms with E-state index in [1.807, 2.05) is 30.3 Å². The fourth-order valence-electron chi connectivity index (χ4n) is 5.59. The molecule has 1 unspecified atom stereocenters. The first kappa shape index (κ1) is 27.5. The lowest BCUT2D eigenvalue weighted by Gasteiger charge is -2.39. The number of carbonyl (C=O) groups is 1. The maximum absolute atomic E-state index is 12.3. The number of anilines is 1. The third-order valence-corrected chi connectivity index (χ3v) is 9.53. The Morgan fingerprint density at radius 1 is 1.20 bits per heavy atom. The quantitative estimate of drug-likeness (QED) is 0.201. The molecule has 0 radical (unpaired) electrons. The Balaban J connectivity index is 1.25. The number of thiazole rings is 1. The molecule has 2 aromatic carbocycles. The number of hydrogen-bond acceptors (Lipinski definition) is 8. The number of methoxy groups -OCH3 is 1. The number of piperazine rings is 1. The van der Waals surface area contributed by atoms with Crippen LogP contribution in [-0.2, 0) is 11.3 Å². The van der Waals surface area contributed by atoms with E-state index in [1.54, 1.807) is 11.3 Å².